The van der Waals surface area contributed by atoms with Crippen molar-refractivity contribution in [3.8, 4) is 5.75 Å². The van der Waals surface area contributed by atoms with Gasteiger partial charge in [-0.1, -0.05) is 17.8 Å². The van der Waals surface area contributed by atoms with Gasteiger partial charge in [-0.3, -0.25) is 9.69 Å². The molecule has 2 heterocycles. The van der Waals surface area contributed by atoms with Gasteiger partial charge in [-0.05, 0) is 38.4 Å². The Kier molecular flexibility index (Phi) is 5.89. The standard InChI is InChI=1S/C18H27N3O2S/c1-14-17(24-18(22)19-14)7-4-8-20-9-11-21(12-10-20)15-5-3-6-16(13-15)23-2/h3,5-6,13-14,17H,4,7-12H2,1-2H3,(H,19,22). The molecule has 5 nitrogen and oxygen atoms in total. The zero-order valence-electron chi connectivity index (χ0n) is 14.5. The maximum absolute atomic E-state index is 11.4. The lowest BCUT2D eigenvalue weighted by molar-refractivity contribution is 0.251. The minimum atomic E-state index is 0.138. The highest BCUT2D eigenvalue weighted by Crippen LogP contribution is 2.27. The number of amides is 1. The van der Waals surface area contributed by atoms with Gasteiger partial charge in [-0.2, -0.15) is 0 Å². The van der Waals surface area contributed by atoms with Crippen molar-refractivity contribution in [1.29, 1.82) is 0 Å². The highest BCUT2D eigenvalue weighted by atomic mass is 32.2. The summed E-state index contributed by atoms with van der Waals surface area (Å²) in [4.78, 5) is 16.3. The van der Waals surface area contributed by atoms with Gasteiger partial charge >= 0.3 is 0 Å². The molecule has 0 aliphatic carbocycles. The van der Waals surface area contributed by atoms with Crippen molar-refractivity contribution in [2.45, 2.75) is 31.1 Å². The lowest BCUT2D eigenvalue weighted by Gasteiger charge is -2.36. The third kappa shape index (κ3) is 4.36. The van der Waals surface area contributed by atoms with Gasteiger partial charge in [0, 0.05) is 49.2 Å². The van der Waals surface area contributed by atoms with Crippen LogP contribution in [0.3, 0.4) is 0 Å². The molecular formula is C18H27N3O2S. The predicted molar refractivity (Wildman–Crippen MR) is 100 cm³/mol. The topological polar surface area (TPSA) is 44.8 Å². The number of carbonyl (C=O) groups excluding carboxylic acids is 1. The third-order valence-electron chi connectivity index (χ3n) is 4.92. The van der Waals surface area contributed by atoms with E-state index in [4.69, 9.17) is 4.74 Å². The Morgan fingerprint density at radius 3 is 2.75 bits per heavy atom. The summed E-state index contributed by atoms with van der Waals surface area (Å²) >= 11 is 1.47. The third-order valence-corrected chi connectivity index (χ3v) is 6.19. The number of methoxy groups -OCH3 is 1. The highest BCUT2D eigenvalue weighted by molar-refractivity contribution is 8.14. The molecule has 0 radical (unpaired) electrons. The zero-order valence-corrected chi connectivity index (χ0v) is 15.3. The molecule has 132 valence electrons. The van der Waals surface area contributed by atoms with E-state index in [9.17, 15) is 4.79 Å². The van der Waals surface area contributed by atoms with E-state index in [0.717, 1.165) is 51.3 Å². The first-order valence-corrected chi connectivity index (χ1v) is 9.62. The summed E-state index contributed by atoms with van der Waals surface area (Å²) in [6.45, 7) is 7.55. The molecule has 6 heteroatoms. The van der Waals surface area contributed by atoms with Gasteiger partial charge in [-0.25, -0.2) is 0 Å². The van der Waals surface area contributed by atoms with E-state index in [1.807, 2.05) is 6.07 Å². The van der Waals surface area contributed by atoms with E-state index in [1.165, 1.54) is 17.4 Å². The molecule has 0 saturated carbocycles. The Hall–Kier alpha value is -1.40. The van der Waals surface area contributed by atoms with Crippen LogP contribution in [0, 0.1) is 0 Å². The molecule has 24 heavy (non-hydrogen) atoms. The number of anilines is 1. The number of nitrogens with one attached hydrogen (secondary N) is 1. The Bertz CT molecular complexity index is 561. The first-order chi connectivity index (χ1) is 11.7. The number of piperazine rings is 1. The molecule has 1 aromatic carbocycles. The molecule has 0 bridgehead atoms. The monoisotopic (exact) mass is 349 g/mol. The van der Waals surface area contributed by atoms with Crippen LogP contribution < -0.4 is 15.0 Å². The Morgan fingerprint density at radius 1 is 1.29 bits per heavy atom. The van der Waals surface area contributed by atoms with Crippen molar-refractivity contribution in [2.75, 3.05) is 44.7 Å². The minimum absolute atomic E-state index is 0.138. The van der Waals surface area contributed by atoms with Crippen LogP contribution in [0.4, 0.5) is 10.5 Å². The summed E-state index contributed by atoms with van der Waals surface area (Å²) in [7, 11) is 1.71. The number of rotatable bonds is 6. The Labute approximate surface area is 148 Å². The normalized spacial score (nSPS) is 24.9. The van der Waals surface area contributed by atoms with Crippen molar-refractivity contribution < 1.29 is 9.53 Å². The molecule has 1 aromatic rings. The fourth-order valence-corrected chi connectivity index (χ4v) is 4.50. The zero-order chi connectivity index (χ0) is 16.9. The van der Waals surface area contributed by atoms with E-state index in [-0.39, 0.29) is 5.24 Å². The van der Waals surface area contributed by atoms with E-state index >= 15 is 0 Å². The summed E-state index contributed by atoms with van der Waals surface area (Å²) < 4.78 is 5.32. The summed E-state index contributed by atoms with van der Waals surface area (Å²) in [5.41, 5.74) is 1.25. The number of nitrogens with zero attached hydrogens (tertiary/aromatic N) is 2. The first-order valence-electron chi connectivity index (χ1n) is 8.74. The highest BCUT2D eigenvalue weighted by Gasteiger charge is 2.29. The maximum Gasteiger partial charge on any atom is 0.279 e. The van der Waals surface area contributed by atoms with Crippen LogP contribution in [0.5, 0.6) is 5.75 Å². The van der Waals surface area contributed by atoms with Crippen LogP contribution in [-0.4, -0.2) is 61.3 Å². The van der Waals surface area contributed by atoms with Gasteiger partial charge in [0.2, 0.25) is 0 Å². The van der Waals surface area contributed by atoms with Crippen LogP contribution in [0.25, 0.3) is 0 Å². The van der Waals surface area contributed by atoms with Gasteiger partial charge in [0.25, 0.3) is 5.24 Å². The molecule has 2 aliphatic heterocycles. The number of carbonyl (C=O) groups is 1. The van der Waals surface area contributed by atoms with Crippen LogP contribution in [0.15, 0.2) is 24.3 Å². The lowest BCUT2D eigenvalue weighted by Crippen LogP contribution is -2.46. The van der Waals surface area contributed by atoms with E-state index in [0.29, 0.717) is 11.3 Å². The first kappa shape index (κ1) is 17.4. The summed E-state index contributed by atoms with van der Waals surface area (Å²) in [6, 6.07) is 8.61. The van der Waals surface area contributed by atoms with Crippen LogP contribution >= 0.6 is 11.8 Å². The van der Waals surface area contributed by atoms with Gasteiger partial charge < -0.3 is 15.0 Å². The maximum atomic E-state index is 11.4. The largest absolute Gasteiger partial charge is 0.497 e. The Balaban J connectivity index is 1.40. The minimum Gasteiger partial charge on any atom is -0.497 e. The average Bonchev–Trinajstić information content (AvgIpc) is 2.93. The van der Waals surface area contributed by atoms with Gasteiger partial charge in [-0.15, -0.1) is 0 Å². The van der Waals surface area contributed by atoms with Crippen molar-refractivity contribution in [1.82, 2.24) is 10.2 Å². The number of thioether (sulfide) groups is 1. The predicted octanol–water partition coefficient (Wildman–Crippen LogP) is 2.81. The van der Waals surface area contributed by atoms with Crippen LogP contribution in [-0.2, 0) is 0 Å². The van der Waals surface area contributed by atoms with E-state index < -0.39 is 0 Å². The number of hydrogen-bond donors (Lipinski definition) is 1. The molecule has 2 saturated heterocycles. The molecule has 1 amide bonds. The fourth-order valence-electron chi connectivity index (χ4n) is 3.41. The SMILES string of the molecule is COc1cccc(N2CCN(CCCC3SC(=O)NC3C)CC2)c1. The molecule has 3 rings (SSSR count). The molecule has 2 unspecified atom stereocenters. The molecule has 2 aliphatic rings. The summed E-state index contributed by atoms with van der Waals surface area (Å²) in [5.74, 6) is 0.918. The summed E-state index contributed by atoms with van der Waals surface area (Å²) in [5, 5.41) is 3.56. The van der Waals surface area contributed by atoms with Crippen LogP contribution in [0.1, 0.15) is 19.8 Å². The van der Waals surface area contributed by atoms with Crippen molar-refractivity contribution in [3.63, 3.8) is 0 Å². The van der Waals surface area contributed by atoms with Crippen molar-refractivity contribution in [3.05, 3.63) is 24.3 Å². The molecular weight excluding hydrogens is 322 g/mol. The van der Waals surface area contributed by atoms with Crippen LogP contribution in [0.2, 0.25) is 0 Å². The second-order valence-electron chi connectivity index (χ2n) is 6.55. The molecule has 0 aromatic heterocycles. The number of ether oxygens (including phenoxy) is 1. The summed E-state index contributed by atoms with van der Waals surface area (Å²) in [6.07, 6.45) is 2.27. The second kappa shape index (κ2) is 8.12. The lowest BCUT2D eigenvalue weighted by atomic mass is 10.1. The van der Waals surface area contributed by atoms with E-state index in [1.54, 1.807) is 7.11 Å². The van der Waals surface area contributed by atoms with Crippen molar-refractivity contribution in [2.24, 2.45) is 0 Å². The second-order valence-corrected chi connectivity index (χ2v) is 7.76. The fraction of sp³-hybridized carbons (Fsp3) is 0.611. The molecule has 1 N–H and O–H groups in total. The van der Waals surface area contributed by atoms with Gasteiger partial charge in [0.15, 0.2) is 0 Å². The number of hydrogen-bond acceptors (Lipinski definition) is 5. The Morgan fingerprint density at radius 2 is 2.08 bits per heavy atom. The number of benzene rings is 1. The van der Waals surface area contributed by atoms with Crippen molar-refractivity contribution >= 4 is 22.7 Å². The van der Waals surface area contributed by atoms with E-state index in [2.05, 4.69) is 40.2 Å². The molecule has 2 atom stereocenters. The van der Waals surface area contributed by atoms with Gasteiger partial charge in [0.1, 0.15) is 5.75 Å². The smallest absolute Gasteiger partial charge is 0.279 e. The molecule has 2 fully saturated rings. The quantitative estimate of drug-likeness (QED) is 0.856. The average molecular weight is 350 g/mol. The van der Waals surface area contributed by atoms with Gasteiger partial charge in [0.05, 0.1) is 7.11 Å². The molecule has 0 spiro atoms.